The van der Waals surface area contributed by atoms with E-state index in [1.165, 1.54) is 6.07 Å². The first-order valence-corrected chi connectivity index (χ1v) is 14.8. The van der Waals surface area contributed by atoms with Crippen LogP contribution in [0.1, 0.15) is 80.2 Å². The first kappa shape index (κ1) is 25.7. The first-order chi connectivity index (χ1) is 16.3. The van der Waals surface area contributed by atoms with Crippen LogP contribution >= 0.6 is 0 Å². The Hall–Kier alpha value is -2.42. The van der Waals surface area contributed by atoms with Gasteiger partial charge in [0.05, 0.1) is 4.90 Å². The summed E-state index contributed by atoms with van der Waals surface area (Å²) in [6.45, 7) is 9.42. The van der Waals surface area contributed by atoms with Crippen molar-refractivity contribution in [2.75, 3.05) is 0 Å². The summed E-state index contributed by atoms with van der Waals surface area (Å²) in [6.07, 6.45) is 2.34. The first-order valence-electron chi connectivity index (χ1n) is 11.9. The van der Waals surface area contributed by atoms with E-state index in [4.69, 9.17) is 4.18 Å². The summed E-state index contributed by atoms with van der Waals surface area (Å²) in [5, 5.41) is 1.83. The predicted octanol–water partition coefficient (Wildman–Crippen LogP) is 5.95. The van der Waals surface area contributed by atoms with Gasteiger partial charge in [-0.15, -0.1) is 0 Å². The smallest absolute Gasteiger partial charge is 0.339 e. The topological polar surface area (TPSA) is 101 Å². The fourth-order valence-electron chi connectivity index (χ4n) is 5.17. The Labute approximate surface area is 208 Å². The Bertz CT molecular complexity index is 1520. The molecule has 0 fully saturated rings. The summed E-state index contributed by atoms with van der Waals surface area (Å²) in [5.74, 6) is -0.0203. The van der Waals surface area contributed by atoms with Crippen LogP contribution in [0.4, 0.5) is 0 Å². The largest absolute Gasteiger partial charge is 0.744 e. The normalized spacial score (nSPS) is 14.5. The van der Waals surface area contributed by atoms with Crippen molar-refractivity contribution < 1.29 is 25.6 Å². The van der Waals surface area contributed by atoms with Crippen LogP contribution in [0.2, 0.25) is 0 Å². The highest BCUT2D eigenvalue weighted by atomic mass is 32.2. The Balaban J connectivity index is 1.99. The maximum absolute atomic E-state index is 14.0. The third-order valence-corrected chi connectivity index (χ3v) is 8.97. The SMILES string of the molecule is Cc1cc(S(=O)(=O)[O-])c2c(c1OS(=O)(=O)c1c(C(C)C)cc3ccccc3c1C(C)C)CCCC2. The molecular weight excluding hydrogens is 484 g/mol. The zero-order chi connectivity index (χ0) is 25.7. The van der Waals surface area contributed by atoms with E-state index in [1.807, 2.05) is 58.0 Å². The summed E-state index contributed by atoms with van der Waals surface area (Å²) in [5.41, 5.74) is 2.59. The molecule has 3 aromatic carbocycles. The molecule has 1 aliphatic rings. The van der Waals surface area contributed by atoms with Crippen molar-refractivity contribution in [3.63, 3.8) is 0 Å². The molecule has 4 rings (SSSR count). The molecule has 0 radical (unpaired) electrons. The van der Waals surface area contributed by atoms with E-state index in [-0.39, 0.29) is 27.4 Å². The number of fused-ring (bicyclic) bond motifs is 2. The maximum Gasteiger partial charge on any atom is 0.339 e. The number of benzene rings is 3. The lowest BCUT2D eigenvalue weighted by molar-refractivity contribution is 0.459. The molecule has 35 heavy (non-hydrogen) atoms. The highest BCUT2D eigenvalue weighted by Crippen LogP contribution is 2.42. The van der Waals surface area contributed by atoms with Gasteiger partial charge in [0.25, 0.3) is 0 Å². The molecule has 3 aromatic rings. The Morgan fingerprint density at radius 1 is 0.886 bits per heavy atom. The lowest BCUT2D eigenvalue weighted by atomic mass is 9.89. The molecule has 0 aromatic heterocycles. The van der Waals surface area contributed by atoms with Crippen molar-refractivity contribution in [3.05, 3.63) is 64.2 Å². The summed E-state index contributed by atoms with van der Waals surface area (Å²) in [7, 11) is -8.98. The minimum absolute atomic E-state index is 0.0755. The zero-order valence-electron chi connectivity index (χ0n) is 20.7. The number of rotatable bonds is 6. The molecule has 0 saturated carbocycles. The third-order valence-electron chi connectivity index (χ3n) is 6.73. The molecule has 0 amide bonds. The molecule has 0 N–H and O–H groups in total. The van der Waals surface area contributed by atoms with Gasteiger partial charge in [-0.1, -0.05) is 52.0 Å². The van der Waals surface area contributed by atoms with Crippen LogP contribution in [0.3, 0.4) is 0 Å². The van der Waals surface area contributed by atoms with Crippen LogP contribution in [-0.2, 0) is 33.1 Å². The average molecular weight is 516 g/mol. The van der Waals surface area contributed by atoms with Crippen molar-refractivity contribution in [1.82, 2.24) is 0 Å². The molecule has 0 saturated heterocycles. The number of hydrogen-bond donors (Lipinski definition) is 0. The van der Waals surface area contributed by atoms with Crippen molar-refractivity contribution >= 4 is 31.0 Å². The third kappa shape index (κ3) is 4.71. The number of aryl methyl sites for hydroxylation is 1. The van der Waals surface area contributed by atoms with Crippen molar-refractivity contribution in [3.8, 4) is 5.75 Å². The summed E-state index contributed by atoms with van der Waals surface area (Å²) in [4.78, 5) is -0.100. The van der Waals surface area contributed by atoms with Crippen molar-refractivity contribution in [2.45, 2.75) is 81.9 Å². The van der Waals surface area contributed by atoms with Gasteiger partial charge in [-0.3, -0.25) is 0 Å². The predicted molar refractivity (Wildman–Crippen MR) is 136 cm³/mol. The van der Waals surface area contributed by atoms with Gasteiger partial charge in [-0.05, 0) is 89.6 Å². The fraction of sp³-hybridized carbons (Fsp3) is 0.407. The molecule has 0 bridgehead atoms. The highest BCUT2D eigenvalue weighted by Gasteiger charge is 2.32. The maximum atomic E-state index is 14.0. The number of hydrogen-bond acceptors (Lipinski definition) is 6. The standard InChI is InChI=1S/C27H32O6S2/c1-16(2)23-15-19-10-6-7-11-20(19)25(17(3)4)27(23)35(31,32)33-26-18(5)14-24(34(28,29)30)21-12-8-9-13-22(21)26/h6-7,10-11,14-17H,8-9,12-13H2,1-5H3,(H,28,29,30)/p-1. The molecule has 6 nitrogen and oxygen atoms in total. The van der Waals surface area contributed by atoms with Gasteiger partial charge in [-0.2, -0.15) is 8.42 Å². The van der Waals surface area contributed by atoms with E-state index >= 15 is 0 Å². The summed E-state index contributed by atoms with van der Waals surface area (Å²) >= 11 is 0. The Morgan fingerprint density at radius 3 is 2.11 bits per heavy atom. The van der Waals surface area contributed by atoms with Gasteiger partial charge >= 0.3 is 10.1 Å². The Morgan fingerprint density at radius 2 is 1.51 bits per heavy atom. The molecule has 0 unspecified atom stereocenters. The highest BCUT2D eigenvalue weighted by molar-refractivity contribution is 7.87. The lowest BCUT2D eigenvalue weighted by Crippen LogP contribution is -2.20. The van der Waals surface area contributed by atoms with Gasteiger partial charge in [0.2, 0.25) is 0 Å². The van der Waals surface area contributed by atoms with Crippen LogP contribution < -0.4 is 4.18 Å². The average Bonchev–Trinajstić information content (AvgIpc) is 2.78. The van der Waals surface area contributed by atoms with Crippen LogP contribution in [0.25, 0.3) is 10.8 Å². The van der Waals surface area contributed by atoms with E-state index in [2.05, 4.69) is 0 Å². The van der Waals surface area contributed by atoms with E-state index in [0.29, 0.717) is 40.7 Å². The second-order valence-corrected chi connectivity index (χ2v) is 12.7. The van der Waals surface area contributed by atoms with E-state index in [0.717, 1.165) is 23.6 Å². The molecule has 0 aliphatic heterocycles. The summed E-state index contributed by atoms with van der Waals surface area (Å²) < 4.78 is 69.7. The second kappa shape index (κ2) is 9.22. The van der Waals surface area contributed by atoms with Gasteiger partial charge in [0.15, 0.2) is 0 Å². The second-order valence-electron chi connectivity index (χ2n) is 9.92. The molecule has 188 valence electrons. The van der Waals surface area contributed by atoms with Crippen LogP contribution in [-0.4, -0.2) is 21.4 Å². The molecule has 1 aliphatic carbocycles. The summed E-state index contributed by atoms with van der Waals surface area (Å²) in [6, 6.07) is 10.9. The van der Waals surface area contributed by atoms with Crippen LogP contribution in [0.5, 0.6) is 5.75 Å². The molecule has 0 heterocycles. The lowest BCUT2D eigenvalue weighted by Gasteiger charge is -2.26. The van der Waals surface area contributed by atoms with Gasteiger partial charge in [0, 0.05) is 5.56 Å². The molecule has 8 heteroatoms. The molecular formula is C27H31O6S2-. The Kier molecular flexibility index (Phi) is 6.76. The minimum Gasteiger partial charge on any atom is -0.744 e. The van der Waals surface area contributed by atoms with Gasteiger partial charge in [-0.25, -0.2) is 8.42 Å². The molecule has 0 spiro atoms. The monoisotopic (exact) mass is 515 g/mol. The minimum atomic E-state index is -4.69. The molecule has 0 atom stereocenters. The van der Waals surface area contributed by atoms with Crippen molar-refractivity contribution in [2.24, 2.45) is 0 Å². The van der Waals surface area contributed by atoms with E-state index in [1.54, 1.807) is 6.92 Å². The van der Waals surface area contributed by atoms with E-state index < -0.39 is 20.2 Å². The van der Waals surface area contributed by atoms with Crippen molar-refractivity contribution in [1.29, 1.82) is 0 Å². The van der Waals surface area contributed by atoms with E-state index in [9.17, 15) is 21.4 Å². The fourth-order valence-corrected chi connectivity index (χ4v) is 7.75. The zero-order valence-corrected chi connectivity index (χ0v) is 22.3. The van der Waals surface area contributed by atoms with Crippen LogP contribution in [0, 0.1) is 6.92 Å². The van der Waals surface area contributed by atoms with Crippen LogP contribution in [0.15, 0.2) is 46.2 Å². The van der Waals surface area contributed by atoms with Gasteiger partial charge < -0.3 is 8.74 Å². The quantitative estimate of drug-likeness (QED) is 0.297. The van der Waals surface area contributed by atoms with Gasteiger partial charge in [0.1, 0.15) is 20.8 Å².